The Morgan fingerprint density at radius 3 is 1.89 bits per heavy atom. The number of guanidine groups is 1. The minimum Gasteiger partial charge on any atom is -0.481 e. The highest BCUT2D eigenvalue weighted by Crippen LogP contribution is 2.65. The van der Waals surface area contributed by atoms with Gasteiger partial charge in [0.25, 0.3) is 5.91 Å². The van der Waals surface area contributed by atoms with Gasteiger partial charge in [-0.25, -0.2) is 19.2 Å². The van der Waals surface area contributed by atoms with Gasteiger partial charge in [-0.3, -0.25) is 77.3 Å². The van der Waals surface area contributed by atoms with Gasteiger partial charge in [0.2, 0.25) is 65.2 Å². The van der Waals surface area contributed by atoms with Gasteiger partial charge >= 0.3 is 42.0 Å². The summed E-state index contributed by atoms with van der Waals surface area (Å²) in [5, 5.41) is 71.9. The van der Waals surface area contributed by atoms with Crippen molar-refractivity contribution in [1.82, 2.24) is 67.9 Å². The van der Waals surface area contributed by atoms with Gasteiger partial charge in [-0.1, -0.05) is 131 Å². The van der Waals surface area contributed by atoms with Crippen LogP contribution in [0.4, 0.5) is 15.3 Å². The molecule has 45 heteroatoms. The molecule has 4 heterocycles. The van der Waals surface area contributed by atoms with Crippen molar-refractivity contribution >= 4 is 124 Å². The minimum atomic E-state index is -2.59. The first-order valence-corrected chi connectivity index (χ1v) is 47.3. The van der Waals surface area contributed by atoms with E-state index in [1.807, 2.05) is 0 Å². The maximum atomic E-state index is 16.0. The van der Waals surface area contributed by atoms with Crippen molar-refractivity contribution in [3.8, 4) is 0 Å². The number of anilines is 1. The van der Waals surface area contributed by atoms with Gasteiger partial charge in [0, 0.05) is 110 Å². The molecule has 13 amide bonds. The molecular weight excluding hydrogens is 1890 g/mol. The van der Waals surface area contributed by atoms with E-state index in [2.05, 4.69) is 58.5 Å². The van der Waals surface area contributed by atoms with Crippen molar-refractivity contribution in [3.05, 3.63) is 184 Å². The van der Waals surface area contributed by atoms with E-state index in [9.17, 15) is 96.8 Å². The summed E-state index contributed by atoms with van der Waals surface area (Å²) >= 11 is 0. The molecule has 4 saturated heterocycles. The van der Waals surface area contributed by atoms with Crippen LogP contribution in [0.15, 0.2) is 151 Å². The van der Waals surface area contributed by atoms with E-state index < -0.39 is 265 Å². The number of carbonyl (C=O) groups excluding carboxylic acids is 18. The fourth-order valence-electron chi connectivity index (χ4n) is 18.8. The van der Waals surface area contributed by atoms with Crippen LogP contribution in [0.3, 0.4) is 0 Å². The number of rotatable bonds is 36. The topological polar surface area (TPSA) is 642 Å². The molecule has 5 aromatic rings. The summed E-state index contributed by atoms with van der Waals surface area (Å²) in [6.07, 6.45) is -15.5. The van der Waals surface area contributed by atoms with Crippen LogP contribution in [0.1, 0.15) is 169 Å². The molecule has 0 radical (unpaired) electrons. The Morgan fingerprint density at radius 1 is 0.669 bits per heavy atom. The van der Waals surface area contributed by atoms with Crippen molar-refractivity contribution in [3.63, 3.8) is 0 Å². The van der Waals surface area contributed by atoms with E-state index in [1.54, 1.807) is 117 Å². The summed E-state index contributed by atoms with van der Waals surface area (Å²) in [7, 11) is 2.68. The lowest BCUT2D eigenvalue weighted by molar-refractivity contribution is -0.346. The third-order valence-corrected chi connectivity index (χ3v) is 26.9. The van der Waals surface area contributed by atoms with Crippen molar-refractivity contribution < 1.29 is 140 Å². The number of aliphatic carboxylic acids is 1. The molecule has 778 valence electrons. The highest BCUT2D eigenvalue weighted by Gasteiger charge is 2.79. The first-order chi connectivity index (χ1) is 68.6. The lowest BCUT2D eigenvalue weighted by Gasteiger charge is -2.67. The van der Waals surface area contributed by atoms with Crippen LogP contribution < -0.4 is 64.2 Å². The van der Waals surface area contributed by atoms with E-state index in [4.69, 9.17) is 44.3 Å². The van der Waals surface area contributed by atoms with Crippen molar-refractivity contribution in [1.29, 1.82) is 5.41 Å². The Bertz CT molecular complexity index is 5740. The molecule has 0 spiro atoms. The molecule has 4 bridgehead atoms. The van der Waals surface area contributed by atoms with Crippen LogP contribution >= 0.6 is 0 Å². The maximum Gasteiger partial charge on any atom is 0.410 e. The number of benzene rings is 5. The molecule has 145 heavy (non-hydrogen) atoms. The number of carboxylic acids is 1. The average molecular weight is 2010 g/mol. The van der Waals surface area contributed by atoms with Crippen LogP contribution in [-0.4, -0.2) is 286 Å². The number of Topliss-reactive ketones (excluding diaryl/α,β-unsaturated/α-hetero) is 1. The minimum absolute atomic E-state index is 0.0126. The highest BCUT2D eigenvalue weighted by atomic mass is 16.6. The molecule has 2 saturated carbocycles. The summed E-state index contributed by atoms with van der Waals surface area (Å²) in [6, 6.07) is 26.3. The Labute approximate surface area is 834 Å². The van der Waals surface area contributed by atoms with Crippen LogP contribution in [0.25, 0.3) is 0 Å². The summed E-state index contributed by atoms with van der Waals surface area (Å²) in [6.45, 7) is 10.2. The predicted octanol–water partition coefficient (Wildman–Crippen LogP) is 1.69. The second kappa shape index (κ2) is 48.2. The number of fused-ring (bicyclic) bond motifs is 19. The molecular formula is C100H124N16O29. The molecule has 4 aliphatic heterocycles. The Balaban J connectivity index is 0.674. The second-order valence-electron chi connectivity index (χ2n) is 37.8. The molecule has 17 atom stereocenters. The number of aliphatic hydroxyl groups excluding tert-OH is 1. The van der Waals surface area contributed by atoms with Gasteiger partial charge in [-0.05, 0) is 116 Å². The number of nitrogens with two attached hydrogens (primary N) is 1. The van der Waals surface area contributed by atoms with E-state index in [0.29, 0.717) is 16.7 Å². The third kappa shape index (κ3) is 26.8. The highest BCUT2D eigenvalue weighted by molar-refractivity contribution is 6.03. The number of hydrogen-bond donors (Lipinski definition) is 16. The lowest BCUT2D eigenvalue weighted by Crippen LogP contribution is -2.82. The lowest BCUT2D eigenvalue weighted by atomic mass is 9.44. The Morgan fingerprint density at radius 2 is 1.28 bits per heavy atom. The number of carboxylic acid groups (broad SMARTS) is 1. The maximum absolute atomic E-state index is 16.0. The first kappa shape index (κ1) is 110. The number of piperazine rings is 1. The summed E-state index contributed by atoms with van der Waals surface area (Å²) in [4.78, 5) is 266. The van der Waals surface area contributed by atoms with Crippen LogP contribution in [0.5, 0.6) is 0 Å². The normalized spacial score (nSPS) is 24.2. The summed E-state index contributed by atoms with van der Waals surface area (Å²) in [5.74, 6) is -17.5. The first-order valence-electron chi connectivity index (χ1n) is 47.3. The molecule has 5 aromatic carbocycles. The molecule has 3 aliphatic carbocycles. The van der Waals surface area contributed by atoms with Crippen molar-refractivity contribution in [2.45, 2.75) is 230 Å². The van der Waals surface area contributed by atoms with Gasteiger partial charge in [-0.15, -0.1) is 0 Å². The number of amides is 13. The fourth-order valence-corrected chi connectivity index (χ4v) is 18.8. The molecule has 7 aliphatic rings. The molecule has 0 aromatic heterocycles. The quantitative estimate of drug-likeness (QED) is 0.00516. The molecule has 45 nitrogen and oxygen atoms in total. The van der Waals surface area contributed by atoms with Gasteiger partial charge in [-0.2, -0.15) is 0 Å². The molecule has 0 unspecified atom stereocenters. The molecule has 6 fully saturated rings. The van der Waals surface area contributed by atoms with Crippen LogP contribution in [0.2, 0.25) is 0 Å². The van der Waals surface area contributed by atoms with E-state index in [0.717, 1.165) is 28.5 Å². The van der Waals surface area contributed by atoms with Crippen molar-refractivity contribution in [2.24, 2.45) is 28.4 Å². The summed E-state index contributed by atoms with van der Waals surface area (Å²) in [5.41, 5.74) is -1.15. The number of ether oxygens (including phenoxy) is 7. The van der Waals surface area contributed by atoms with Crippen LogP contribution in [-0.2, 0) is 125 Å². The number of aliphatic hydroxyl groups is 2. The standard InChI is InChI=1S/C100H124N16O29/c1-53(2)78(112-73(121)31-21-30-72(120)104-47-58-32-34-59(35-33-58)50-116-68-48-105-87(129)65(29-22-40-103-94(101)102)109-75(123)49-106-88(130)66(44-76(124)125)110-74(122)43-67(91(116)133)111-89(68)131)90(132)107-55(4)85(127)108-64-38-36-60(37-39-64)51-139-95(136)114(10)41-42-115(11)96(137)143-81(79(61-23-15-12-16-24-61)113-86(128)62-25-17-13-18-26-62)93(135)142-69-46-100(138)84(144-92(134)63-27-19-14-20-28-63)82-98(9,70(119)45-71-99(82,52-140-71)145-57(6)118)83(126)80(141-56(5)117)77(54(69)3)97(100,7)8/h12-20,23-28,32-39,53,55,65-71,78-82,84,119,138H,21-22,29-31,40-52H2,1-11H3,(H,104,120)(H,105,129)(H,106,130)(H,107,132)(H,108,127)(H,109,123)(H,110,122)(H,111,131)(H,112,121)(H,113,128)(H,124,125)(H4,101,102,103)/t55-,65-,66-,67+,68-,69-,70-,71+,78-,79-,80+,81+,82-,84-,98+,99-,100+/m0/s1. The van der Waals surface area contributed by atoms with Gasteiger partial charge in [0.05, 0.1) is 49.0 Å². The average Bonchev–Trinajstić information content (AvgIpc) is 0.666. The number of nitrogens with one attached hydrogen (secondary N) is 12. The zero-order chi connectivity index (χ0) is 106. The molecule has 17 N–H and O–H groups in total. The van der Waals surface area contributed by atoms with Gasteiger partial charge < -0.3 is 127 Å². The van der Waals surface area contributed by atoms with Crippen LogP contribution in [0, 0.1) is 28.1 Å². The fraction of sp³-hybridized carbons (Fsp3) is 0.480. The Hall–Kier alpha value is -15.3. The van der Waals surface area contributed by atoms with Crippen molar-refractivity contribution in [2.75, 3.05) is 58.7 Å². The number of likely N-dealkylation sites (N-methyl/N-ethyl adjacent to an activating group) is 2. The number of nitrogens with zero attached hydrogens (tertiary/aromatic N) is 3. The largest absolute Gasteiger partial charge is 0.481 e. The van der Waals surface area contributed by atoms with E-state index in [-0.39, 0.29) is 117 Å². The smallest absolute Gasteiger partial charge is 0.410 e. The SMILES string of the molecule is CC(=O)O[C@H]1C(=O)[C@@]2(C)[C@H]([C@H](OC(=O)c3ccccc3)[C@]3(O)C[C@H](OC(=O)[C@H](OC(=O)N(C)CCN(C)C(=O)OCc4ccc(NC(=O)[C@H](C)NC(=O)[C@@H](NC(=O)CCCC(=O)NCc5ccc(CN6C(=O)[C@H]7CC(=O)N[C@@H](CC(=O)O)C(=O)NCC(=O)N[C@@H](CCCNC(=N)N)C(=O)NC[C@H]6C(=O)N7)cc5)C(C)C)cc4)[C@@H](NC(=O)c4ccccc4)c4ccccc4)C(C)=C1C3(C)C)[C@]1(OC(C)=O)CO[C@@H]1C[C@@H]2O. The zero-order valence-corrected chi connectivity index (χ0v) is 82.0. The third-order valence-electron chi connectivity index (χ3n) is 26.9. The zero-order valence-electron chi connectivity index (χ0n) is 82.0. The van der Waals surface area contributed by atoms with E-state index >= 15 is 9.59 Å². The monoisotopic (exact) mass is 2010 g/mol. The number of esters is 4. The predicted molar refractivity (Wildman–Crippen MR) is 511 cm³/mol. The molecule has 12 rings (SSSR count). The number of carbonyl (C=O) groups is 19. The van der Waals surface area contributed by atoms with E-state index in [1.165, 1.54) is 85.1 Å². The number of hydrogen-bond acceptors (Lipinski definition) is 29. The number of ketones is 1. The van der Waals surface area contributed by atoms with Gasteiger partial charge in [0.15, 0.2) is 23.4 Å². The second-order valence-corrected chi connectivity index (χ2v) is 37.8. The van der Waals surface area contributed by atoms with Gasteiger partial charge in [0.1, 0.15) is 72.8 Å². The Kier molecular flexibility index (Phi) is 36.6. The summed E-state index contributed by atoms with van der Waals surface area (Å²) < 4.78 is 43.0.